The smallest absolute Gasteiger partial charge is 0.313 e. The van der Waals surface area contributed by atoms with Gasteiger partial charge in [0.1, 0.15) is 0 Å². The Morgan fingerprint density at radius 1 is 1.23 bits per heavy atom. The fourth-order valence-electron chi connectivity index (χ4n) is 6.42. The largest absolute Gasteiger partial charge is 0.341 e. The average molecular weight is 419 g/mol. The molecule has 5 atom stereocenters. The summed E-state index contributed by atoms with van der Waals surface area (Å²) in [6.45, 7) is 13.9. The molecule has 0 bridgehead atoms. The van der Waals surface area contributed by atoms with Gasteiger partial charge in [-0.05, 0) is 72.3 Å². The highest BCUT2D eigenvalue weighted by Gasteiger charge is 2.50. The lowest BCUT2D eigenvalue weighted by Crippen LogP contribution is -2.39. The average Bonchev–Trinajstić information content (AvgIpc) is 3.06. The monoisotopic (exact) mass is 418 g/mol. The molecule has 1 unspecified atom stereocenters. The molecule has 2 aliphatic carbocycles. The van der Waals surface area contributed by atoms with Crippen LogP contribution in [0.5, 0.6) is 0 Å². The van der Waals surface area contributed by atoms with Crippen LogP contribution in [-0.4, -0.2) is 22.9 Å². The molecule has 0 aromatic rings. The Morgan fingerprint density at radius 3 is 2.70 bits per heavy atom. The maximum atomic E-state index is 10.1. The third kappa shape index (κ3) is 5.09. The fourth-order valence-corrected chi connectivity index (χ4v) is 6.42. The van der Waals surface area contributed by atoms with Crippen LogP contribution in [0.2, 0.25) is 0 Å². The van der Waals surface area contributed by atoms with Crippen LogP contribution in [-0.2, 0) is 9.62 Å². The highest BCUT2D eigenvalue weighted by Crippen LogP contribution is 2.60. The second-order valence-corrected chi connectivity index (χ2v) is 10.7. The van der Waals surface area contributed by atoms with Gasteiger partial charge in [-0.15, -0.1) is 0 Å². The molecule has 1 heterocycles. The Hall–Kier alpha value is -0.940. The summed E-state index contributed by atoms with van der Waals surface area (Å²) >= 11 is 0. The normalized spacial score (nSPS) is 38.4. The molecule has 170 valence electrons. The summed E-state index contributed by atoms with van der Waals surface area (Å²) in [6, 6.07) is 0. The Balaban J connectivity index is 1.72. The van der Waals surface area contributed by atoms with Crippen molar-refractivity contribution in [3.05, 3.63) is 35.5 Å². The zero-order valence-electron chi connectivity index (χ0n) is 19.5. The summed E-state index contributed by atoms with van der Waals surface area (Å²) in [5.74, 6) is 1.11. The van der Waals surface area contributed by atoms with E-state index in [9.17, 15) is 5.11 Å². The predicted molar refractivity (Wildman–Crippen MR) is 121 cm³/mol. The quantitative estimate of drug-likeness (QED) is 0.277. The van der Waals surface area contributed by atoms with Crippen LogP contribution in [0.4, 0.5) is 0 Å². The van der Waals surface area contributed by atoms with E-state index in [0.717, 1.165) is 35.3 Å². The van der Waals surface area contributed by atoms with E-state index in [4.69, 9.17) is 9.99 Å². The highest BCUT2D eigenvalue weighted by molar-refractivity contribution is 5.36. The van der Waals surface area contributed by atoms with E-state index >= 15 is 0 Å². The van der Waals surface area contributed by atoms with E-state index in [1.165, 1.54) is 44.9 Å². The molecule has 2 N–H and O–H groups in total. The van der Waals surface area contributed by atoms with Gasteiger partial charge in [-0.3, -0.25) is 0 Å². The zero-order chi connectivity index (χ0) is 21.9. The lowest BCUT2D eigenvalue weighted by atomic mass is 9.60. The maximum absolute atomic E-state index is 10.1. The van der Waals surface area contributed by atoms with Gasteiger partial charge in [-0.25, -0.2) is 5.26 Å². The van der Waals surface area contributed by atoms with Crippen molar-refractivity contribution >= 4 is 0 Å². The van der Waals surface area contributed by atoms with Crippen LogP contribution in [0.3, 0.4) is 0 Å². The van der Waals surface area contributed by atoms with Gasteiger partial charge in [-0.1, -0.05) is 71.3 Å². The molecule has 1 saturated heterocycles. The van der Waals surface area contributed by atoms with Crippen molar-refractivity contribution in [3.8, 4) is 0 Å². The van der Waals surface area contributed by atoms with Crippen molar-refractivity contribution in [2.75, 3.05) is 6.61 Å². The third-order valence-electron chi connectivity index (χ3n) is 8.15. The SMILES string of the molecule is C=C1CO[C@](O)(OO)C/C1=C/C=C1CCC[C@@]2(C)C1CC[C@@H]2[C@H](C)CCCC(C)C. The molecule has 4 heteroatoms. The van der Waals surface area contributed by atoms with E-state index in [1.807, 2.05) is 0 Å². The minimum absolute atomic E-state index is 0.0869. The first-order chi connectivity index (χ1) is 14.2. The molecule has 3 fully saturated rings. The lowest BCUT2D eigenvalue weighted by Gasteiger charge is -2.44. The molecule has 0 spiro atoms. The van der Waals surface area contributed by atoms with Crippen LogP contribution in [0.25, 0.3) is 0 Å². The molecular weight excluding hydrogens is 376 g/mol. The first-order valence-electron chi connectivity index (χ1n) is 11.9. The van der Waals surface area contributed by atoms with Gasteiger partial charge in [0.25, 0.3) is 0 Å². The Labute approximate surface area is 183 Å². The summed E-state index contributed by atoms with van der Waals surface area (Å²) in [5.41, 5.74) is 3.66. The van der Waals surface area contributed by atoms with Gasteiger partial charge in [0, 0.05) is 0 Å². The first-order valence-corrected chi connectivity index (χ1v) is 11.9. The molecule has 0 aromatic heterocycles. The highest BCUT2D eigenvalue weighted by atomic mass is 17.2. The number of aliphatic hydroxyl groups is 1. The topological polar surface area (TPSA) is 58.9 Å². The summed E-state index contributed by atoms with van der Waals surface area (Å²) in [5, 5.41) is 19.1. The molecule has 2 saturated carbocycles. The zero-order valence-corrected chi connectivity index (χ0v) is 19.5. The number of rotatable bonds is 7. The van der Waals surface area contributed by atoms with Crippen LogP contribution in [0.15, 0.2) is 35.5 Å². The number of ether oxygens (including phenoxy) is 1. The molecule has 30 heavy (non-hydrogen) atoms. The summed E-state index contributed by atoms with van der Waals surface area (Å²) in [6.07, 6.45) is 14.8. The molecule has 1 aliphatic heterocycles. The molecule has 3 aliphatic rings. The molecule has 0 aromatic carbocycles. The molecule has 0 radical (unpaired) electrons. The van der Waals surface area contributed by atoms with Gasteiger partial charge >= 0.3 is 5.97 Å². The van der Waals surface area contributed by atoms with Crippen molar-refractivity contribution in [2.24, 2.45) is 29.1 Å². The van der Waals surface area contributed by atoms with E-state index in [-0.39, 0.29) is 13.0 Å². The maximum Gasteiger partial charge on any atom is 0.313 e. The second kappa shape index (κ2) is 9.68. The Morgan fingerprint density at radius 2 is 2.00 bits per heavy atom. The summed E-state index contributed by atoms with van der Waals surface area (Å²) in [4.78, 5) is 4.15. The van der Waals surface area contributed by atoms with Gasteiger partial charge in [0.05, 0.1) is 13.0 Å². The minimum atomic E-state index is -1.96. The fraction of sp³-hybridized carbons (Fsp3) is 0.769. The van der Waals surface area contributed by atoms with Crippen LogP contribution in [0.1, 0.15) is 85.5 Å². The lowest BCUT2D eigenvalue weighted by molar-refractivity contribution is -0.481. The second-order valence-electron chi connectivity index (χ2n) is 10.7. The van der Waals surface area contributed by atoms with Crippen molar-refractivity contribution in [1.29, 1.82) is 0 Å². The first kappa shape index (κ1) is 23.7. The van der Waals surface area contributed by atoms with Crippen LogP contribution >= 0.6 is 0 Å². The molecular formula is C26H42O4. The number of hydrogen-bond acceptors (Lipinski definition) is 4. The van der Waals surface area contributed by atoms with Crippen LogP contribution < -0.4 is 0 Å². The predicted octanol–water partition coefficient (Wildman–Crippen LogP) is 6.63. The number of fused-ring (bicyclic) bond motifs is 1. The van der Waals surface area contributed by atoms with Gasteiger partial charge in [-0.2, -0.15) is 4.89 Å². The van der Waals surface area contributed by atoms with Gasteiger partial charge in [0.15, 0.2) is 0 Å². The Kier molecular flexibility index (Phi) is 7.66. The summed E-state index contributed by atoms with van der Waals surface area (Å²) in [7, 11) is 0. The van der Waals surface area contributed by atoms with E-state index < -0.39 is 5.97 Å². The third-order valence-corrected chi connectivity index (χ3v) is 8.15. The van der Waals surface area contributed by atoms with Crippen molar-refractivity contribution in [1.82, 2.24) is 0 Å². The van der Waals surface area contributed by atoms with Gasteiger partial charge in [0.2, 0.25) is 0 Å². The minimum Gasteiger partial charge on any atom is -0.341 e. The van der Waals surface area contributed by atoms with E-state index in [1.54, 1.807) is 5.57 Å². The summed E-state index contributed by atoms with van der Waals surface area (Å²) < 4.78 is 5.14. The standard InChI is InChI=1S/C26H42O4/c1-18(2)8-6-9-19(3)23-13-14-24-21(10-7-15-25(23,24)5)11-12-22-16-26(27,30-28)29-17-20(22)4/h11-12,18-19,23-24,27-28H,4,6-10,13-17H2,1-3,5H3/b21-11?,22-12-/t19-,23-,24?,25-,26+/m1/s1. The number of hydrogen-bond donors (Lipinski definition) is 2. The van der Waals surface area contributed by atoms with E-state index in [2.05, 4.69) is 51.3 Å². The molecule has 4 nitrogen and oxygen atoms in total. The molecule has 3 rings (SSSR count). The molecule has 0 amide bonds. The van der Waals surface area contributed by atoms with Crippen molar-refractivity contribution in [2.45, 2.75) is 91.5 Å². The van der Waals surface area contributed by atoms with Gasteiger partial charge < -0.3 is 9.84 Å². The van der Waals surface area contributed by atoms with Crippen molar-refractivity contribution in [3.63, 3.8) is 0 Å². The van der Waals surface area contributed by atoms with E-state index in [0.29, 0.717) is 11.3 Å². The van der Waals surface area contributed by atoms with Crippen LogP contribution in [0, 0.1) is 29.1 Å². The Bertz CT molecular complexity index is 679. The number of allylic oxidation sites excluding steroid dienone is 3. The van der Waals surface area contributed by atoms with Crippen molar-refractivity contribution < 1.29 is 20.0 Å².